The molecule has 1 amide bonds. The van der Waals surface area contributed by atoms with E-state index in [1.54, 1.807) is 0 Å². The predicted octanol–water partition coefficient (Wildman–Crippen LogP) is 0.847. The molecular weight excluding hydrogens is 242 g/mol. The summed E-state index contributed by atoms with van der Waals surface area (Å²) in [6.45, 7) is 2.18. The minimum atomic E-state index is -0.538. The number of aliphatic hydroxyl groups is 1. The Morgan fingerprint density at radius 1 is 1.37 bits per heavy atom. The van der Waals surface area contributed by atoms with Gasteiger partial charge in [-0.2, -0.15) is 0 Å². The molecule has 1 atom stereocenters. The van der Waals surface area contributed by atoms with Crippen molar-refractivity contribution in [2.45, 2.75) is 18.9 Å². The highest BCUT2D eigenvalue weighted by Crippen LogP contribution is 2.33. The number of nitrogens with one attached hydrogen (secondary N) is 1. The van der Waals surface area contributed by atoms with Gasteiger partial charge in [-0.3, -0.25) is 4.79 Å². The van der Waals surface area contributed by atoms with Gasteiger partial charge in [0.1, 0.15) is 6.04 Å². The summed E-state index contributed by atoms with van der Waals surface area (Å²) in [6.07, 6.45) is 2.03. The van der Waals surface area contributed by atoms with E-state index in [-0.39, 0.29) is 12.5 Å². The zero-order valence-electron chi connectivity index (χ0n) is 10.8. The molecule has 0 saturated carbocycles. The molecule has 1 unspecified atom stereocenters. The SMILES string of the molecule is NC1C(=O)Nc2cc(N3CCC(CO)CC3)ccc21. The van der Waals surface area contributed by atoms with E-state index in [0.717, 1.165) is 42.9 Å². The van der Waals surface area contributed by atoms with Gasteiger partial charge in [-0.1, -0.05) is 6.07 Å². The molecule has 5 nitrogen and oxygen atoms in total. The summed E-state index contributed by atoms with van der Waals surface area (Å²) in [7, 11) is 0. The Labute approximate surface area is 112 Å². The lowest BCUT2D eigenvalue weighted by Gasteiger charge is -2.33. The van der Waals surface area contributed by atoms with Crippen LogP contribution in [-0.2, 0) is 4.79 Å². The summed E-state index contributed by atoms with van der Waals surface area (Å²) < 4.78 is 0. The summed E-state index contributed by atoms with van der Waals surface area (Å²) in [6, 6.07) is 5.42. The van der Waals surface area contributed by atoms with Crippen LogP contribution >= 0.6 is 0 Å². The Kier molecular flexibility index (Phi) is 3.16. The first kappa shape index (κ1) is 12.4. The number of anilines is 2. The molecule has 102 valence electrons. The summed E-state index contributed by atoms with van der Waals surface area (Å²) in [4.78, 5) is 13.8. The number of amides is 1. The highest BCUT2D eigenvalue weighted by molar-refractivity contribution is 6.02. The smallest absolute Gasteiger partial charge is 0.245 e. The molecule has 5 heteroatoms. The molecule has 1 aromatic rings. The zero-order valence-corrected chi connectivity index (χ0v) is 10.8. The number of carbonyl (C=O) groups excluding carboxylic acids is 1. The van der Waals surface area contributed by atoms with Crippen LogP contribution in [0.2, 0.25) is 0 Å². The first-order chi connectivity index (χ1) is 9.19. The molecule has 0 radical (unpaired) electrons. The average Bonchev–Trinajstić information content (AvgIpc) is 2.74. The van der Waals surface area contributed by atoms with E-state index in [1.165, 1.54) is 0 Å². The maximum atomic E-state index is 11.5. The molecule has 2 heterocycles. The summed E-state index contributed by atoms with van der Waals surface area (Å²) in [5, 5.41) is 12.0. The number of nitrogens with two attached hydrogens (primary N) is 1. The molecular formula is C14H19N3O2. The van der Waals surface area contributed by atoms with Gasteiger partial charge in [-0.15, -0.1) is 0 Å². The van der Waals surface area contributed by atoms with Crippen LogP contribution in [0, 0.1) is 5.92 Å². The summed E-state index contributed by atoms with van der Waals surface area (Å²) >= 11 is 0. The third-order valence-electron chi connectivity index (χ3n) is 4.15. The van der Waals surface area contributed by atoms with Gasteiger partial charge in [0, 0.05) is 36.6 Å². The lowest BCUT2D eigenvalue weighted by molar-refractivity contribution is -0.116. The summed E-state index contributed by atoms with van der Waals surface area (Å²) in [5.74, 6) is 0.296. The zero-order chi connectivity index (χ0) is 13.4. The molecule has 1 saturated heterocycles. The van der Waals surface area contributed by atoms with Gasteiger partial charge >= 0.3 is 0 Å². The van der Waals surface area contributed by atoms with Crippen molar-refractivity contribution < 1.29 is 9.90 Å². The lowest BCUT2D eigenvalue weighted by atomic mass is 9.97. The van der Waals surface area contributed by atoms with Crippen LogP contribution < -0.4 is 16.0 Å². The lowest BCUT2D eigenvalue weighted by Crippen LogP contribution is -2.34. The number of fused-ring (bicyclic) bond motifs is 1. The number of piperidine rings is 1. The predicted molar refractivity (Wildman–Crippen MR) is 74.0 cm³/mol. The van der Waals surface area contributed by atoms with Gasteiger partial charge in [0.15, 0.2) is 0 Å². The highest BCUT2D eigenvalue weighted by Gasteiger charge is 2.28. The van der Waals surface area contributed by atoms with Gasteiger partial charge in [0.25, 0.3) is 0 Å². The molecule has 2 aliphatic rings. The van der Waals surface area contributed by atoms with Gasteiger partial charge in [0.05, 0.1) is 0 Å². The van der Waals surface area contributed by atoms with Crippen LogP contribution in [0.4, 0.5) is 11.4 Å². The molecule has 0 spiro atoms. The van der Waals surface area contributed by atoms with Crippen LogP contribution in [0.15, 0.2) is 18.2 Å². The van der Waals surface area contributed by atoms with Crippen molar-refractivity contribution in [3.05, 3.63) is 23.8 Å². The number of hydrogen-bond acceptors (Lipinski definition) is 4. The van der Waals surface area contributed by atoms with Crippen LogP contribution in [0.3, 0.4) is 0 Å². The number of benzene rings is 1. The molecule has 0 aromatic heterocycles. The minimum Gasteiger partial charge on any atom is -0.396 e. The molecule has 1 fully saturated rings. The standard InChI is InChI=1S/C14H19N3O2/c15-13-11-2-1-10(7-12(11)16-14(13)19)17-5-3-9(8-18)4-6-17/h1-2,7,9,13,18H,3-6,8,15H2,(H,16,19). The number of rotatable bonds is 2. The van der Waals surface area contributed by atoms with E-state index in [2.05, 4.69) is 10.2 Å². The monoisotopic (exact) mass is 261 g/mol. The number of hydrogen-bond donors (Lipinski definition) is 3. The normalized spacial score (nSPS) is 23.4. The third kappa shape index (κ3) is 2.19. The van der Waals surface area contributed by atoms with Crippen LogP contribution in [0.5, 0.6) is 0 Å². The maximum Gasteiger partial charge on any atom is 0.245 e. The van der Waals surface area contributed by atoms with E-state index in [4.69, 9.17) is 10.8 Å². The fourth-order valence-corrected chi connectivity index (χ4v) is 2.85. The number of aliphatic hydroxyl groups excluding tert-OH is 1. The Morgan fingerprint density at radius 2 is 2.11 bits per heavy atom. The Hall–Kier alpha value is -1.59. The summed E-state index contributed by atoms with van der Waals surface area (Å²) in [5.41, 5.74) is 8.62. The van der Waals surface area contributed by atoms with E-state index < -0.39 is 6.04 Å². The Bertz CT molecular complexity index is 495. The van der Waals surface area contributed by atoms with Crippen molar-refractivity contribution in [1.82, 2.24) is 0 Å². The van der Waals surface area contributed by atoms with Crippen molar-refractivity contribution >= 4 is 17.3 Å². The third-order valence-corrected chi connectivity index (χ3v) is 4.15. The van der Waals surface area contributed by atoms with Crippen molar-refractivity contribution in [3.8, 4) is 0 Å². The molecule has 0 bridgehead atoms. The van der Waals surface area contributed by atoms with Crippen LogP contribution in [-0.4, -0.2) is 30.7 Å². The molecule has 0 aliphatic carbocycles. The van der Waals surface area contributed by atoms with Crippen molar-refractivity contribution in [1.29, 1.82) is 0 Å². The topological polar surface area (TPSA) is 78.6 Å². The van der Waals surface area contributed by atoms with Crippen molar-refractivity contribution in [3.63, 3.8) is 0 Å². The fourth-order valence-electron chi connectivity index (χ4n) is 2.85. The van der Waals surface area contributed by atoms with Crippen LogP contribution in [0.25, 0.3) is 0 Å². The Morgan fingerprint density at radius 3 is 2.79 bits per heavy atom. The van der Waals surface area contributed by atoms with E-state index in [0.29, 0.717) is 5.92 Å². The van der Waals surface area contributed by atoms with E-state index in [9.17, 15) is 4.79 Å². The van der Waals surface area contributed by atoms with Crippen LogP contribution in [0.1, 0.15) is 24.4 Å². The molecule has 4 N–H and O–H groups in total. The highest BCUT2D eigenvalue weighted by atomic mass is 16.3. The molecule has 19 heavy (non-hydrogen) atoms. The molecule has 1 aromatic carbocycles. The number of carbonyl (C=O) groups is 1. The first-order valence-electron chi connectivity index (χ1n) is 6.75. The fraction of sp³-hybridized carbons (Fsp3) is 0.500. The maximum absolute atomic E-state index is 11.5. The molecule has 2 aliphatic heterocycles. The van der Waals surface area contributed by atoms with Crippen molar-refractivity contribution in [2.24, 2.45) is 11.7 Å². The largest absolute Gasteiger partial charge is 0.396 e. The van der Waals surface area contributed by atoms with Gasteiger partial charge in [-0.05, 0) is 30.9 Å². The number of nitrogens with zero attached hydrogens (tertiary/aromatic N) is 1. The second-order valence-corrected chi connectivity index (χ2v) is 5.35. The Balaban J connectivity index is 1.77. The second-order valence-electron chi connectivity index (χ2n) is 5.35. The first-order valence-corrected chi connectivity index (χ1v) is 6.75. The van der Waals surface area contributed by atoms with Gasteiger partial charge < -0.3 is 21.1 Å². The minimum absolute atomic E-state index is 0.133. The molecule has 3 rings (SSSR count). The van der Waals surface area contributed by atoms with Gasteiger partial charge in [-0.25, -0.2) is 0 Å². The quantitative estimate of drug-likeness (QED) is 0.737. The second kappa shape index (κ2) is 4.83. The average molecular weight is 261 g/mol. The van der Waals surface area contributed by atoms with Crippen molar-refractivity contribution in [2.75, 3.05) is 29.9 Å². The van der Waals surface area contributed by atoms with E-state index >= 15 is 0 Å². The van der Waals surface area contributed by atoms with E-state index in [1.807, 2.05) is 18.2 Å². The van der Waals surface area contributed by atoms with Gasteiger partial charge in [0.2, 0.25) is 5.91 Å².